The molecule has 0 aromatic heterocycles. The second-order valence-corrected chi connectivity index (χ2v) is 3.03. The van der Waals surface area contributed by atoms with Gasteiger partial charge in [-0.25, -0.2) is 4.79 Å². The van der Waals surface area contributed by atoms with Gasteiger partial charge in [0.15, 0.2) is 0 Å². The van der Waals surface area contributed by atoms with Crippen LogP contribution in [0.25, 0.3) is 0 Å². The van der Waals surface area contributed by atoms with Crippen molar-refractivity contribution in [1.82, 2.24) is 0 Å². The Bertz CT molecular complexity index is 417. The molecule has 0 saturated heterocycles. The van der Waals surface area contributed by atoms with E-state index >= 15 is 0 Å². The van der Waals surface area contributed by atoms with E-state index in [-0.39, 0.29) is 10.8 Å². The van der Waals surface area contributed by atoms with E-state index in [2.05, 4.69) is 4.84 Å². The van der Waals surface area contributed by atoms with E-state index in [9.17, 15) is 22.8 Å². The number of nitrogens with zero attached hydrogens (tertiary/aromatic N) is 1. The van der Waals surface area contributed by atoms with Gasteiger partial charge in [0.25, 0.3) is 5.91 Å². The highest BCUT2D eigenvalue weighted by molar-refractivity contribution is 5.92. The molecule has 1 rings (SSSR count). The summed E-state index contributed by atoms with van der Waals surface area (Å²) in [4.78, 5) is 25.7. The molecule has 0 heterocycles. The van der Waals surface area contributed by atoms with Gasteiger partial charge in [0.1, 0.15) is 0 Å². The number of rotatable bonds is 1. The number of hydrogen-bond donors (Lipinski definition) is 0. The van der Waals surface area contributed by atoms with Crippen LogP contribution in [0.2, 0.25) is 0 Å². The van der Waals surface area contributed by atoms with Crippen molar-refractivity contribution in [3.63, 3.8) is 0 Å². The number of carbonyl (C=O) groups is 2. The molecule has 1 aromatic carbocycles. The minimum Gasteiger partial charge on any atom is -0.324 e. The molecule has 4 nitrogen and oxygen atoms in total. The fourth-order valence-corrected chi connectivity index (χ4v) is 0.997. The number of anilines is 1. The lowest BCUT2D eigenvalue weighted by Crippen LogP contribution is -2.37. The molecule has 0 saturated carbocycles. The molecule has 0 aliphatic rings. The van der Waals surface area contributed by atoms with Gasteiger partial charge in [-0.15, -0.1) is 5.06 Å². The van der Waals surface area contributed by atoms with Crippen molar-refractivity contribution in [1.29, 1.82) is 0 Å². The fraction of sp³-hybridized carbons (Fsp3) is 0.200. The molecule has 0 spiro atoms. The quantitative estimate of drug-likeness (QED) is 0.713. The van der Waals surface area contributed by atoms with Crippen LogP contribution in [-0.2, 0) is 14.4 Å². The minimum absolute atomic E-state index is 0.0394. The Hall–Kier alpha value is -2.05. The van der Waals surface area contributed by atoms with Gasteiger partial charge in [-0.2, -0.15) is 13.2 Å². The lowest BCUT2D eigenvalue weighted by molar-refractivity contribution is -0.201. The maximum absolute atomic E-state index is 12.0. The first-order valence-corrected chi connectivity index (χ1v) is 4.47. The number of para-hydroxylation sites is 1. The Labute approximate surface area is 94.5 Å². The lowest BCUT2D eigenvalue weighted by atomic mass is 10.3. The van der Waals surface area contributed by atoms with Gasteiger partial charge in [-0.3, -0.25) is 4.79 Å². The van der Waals surface area contributed by atoms with Crippen LogP contribution in [0.4, 0.5) is 18.9 Å². The molecule has 0 aliphatic carbocycles. The summed E-state index contributed by atoms with van der Waals surface area (Å²) < 4.78 is 35.9. The summed E-state index contributed by atoms with van der Waals surface area (Å²) in [6.07, 6.45) is -5.15. The molecular weight excluding hydrogens is 239 g/mol. The van der Waals surface area contributed by atoms with Crippen molar-refractivity contribution in [3.05, 3.63) is 30.3 Å². The molecule has 0 unspecified atom stereocenters. The van der Waals surface area contributed by atoms with Gasteiger partial charge in [0.05, 0.1) is 5.69 Å². The van der Waals surface area contributed by atoms with E-state index < -0.39 is 18.1 Å². The first kappa shape index (κ1) is 13.0. The van der Waals surface area contributed by atoms with E-state index in [0.717, 1.165) is 6.92 Å². The number of alkyl halides is 3. The smallest absolute Gasteiger partial charge is 0.324 e. The second-order valence-electron chi connectivity index (χ2n) is 3.03. The molecule has 1 aromatic rings. The van der Waals surface area contributed by atoms with Crippen LogP contribution in [0.15, 0.2) is 30.3 Å². The number of hydrogen-bond acceptors (Lipinski definition) is 3. The van der Waals surface area contributed by atoms with Crippen LogP contribution in [0, 0.1) is 0 Å². The highest BCUT2D eigenvalue weighted by Crippen LogP contribution is 2.20. The third-order valence-corrected chi connectivity index (χ3v) is 1.68. The average Bonchev–Trinajstić information content (AvgIpc) is 2.25. The molecule has 0 radical (unpaired) electrons. The summed E-state index contributed by atoms with van der Waals surface area (Å²) in [6.45, 7) is 0.983. The SMILES string of the molecule is CC(=O)N(OC(=O)C(F)(F)F)c1ccccc1. The number of halogens is 3. The molecule has 0 aliphatic heterocycles. The van der Waals surface area contributed by atoms with E-state index in [1.54, 1.807) is 6.07 Å². The van der Waals surface area contributed by atoms with Gasteiger partial charge >= 0.3 is 12.1 Å². The molecular formula is C10H8F3NO3. The molecule has 0 N–H and O–H groups in total. The Balaban J connectivity index is 2.90. The monoisotopic (exact) mass is 247 g/mol. The first-order valence-electron chi connectivity index (χ1n) is 4.47. The van der Waals surface area contributed by atoms with Crippen LogP contribution in [0.5, 0.6) is 0 Å². The molecule has 92 valence electrons. The van der Waals surface area contributed by atoms with Crippen molar-refractivity contribution < 1.29 is 27.6 Å². The van der Waals surface area contributed by atoms with E-state index in [4.69, 9.17) is 0 Å². The summed E-state index contributed by atoms with van der Waals surface area (Å²) in [5, 5.41) is 0.288. The lowest BCUT2D eigenvalue weighted by Gasteiger charge is -2.19. The largest absolute Gasteiger partial charge is 0.493 e. The minimum atomic E-state index is -5.15. The summed E-state index contributed by atoms with van der Waals surface area (Å²) >= 11 is 0. The maximum atomic E-state index is 12.0. The normalized spacial score (nSPS) is 10.8. The third kappa shape index (κ3) is 3.47. The predicted octanol–water partition coefficient (Wildman–Crippen LogP) is 2.06. The maximum Gasteiger partial charge on any atom is 0.493 e. The zero-order valence-electron chi connectivity index (χ0n) is 8.69. The molecule has 0 bridgehead atoms. The topological polar surface area (TPSA) is 46.6 Å². The molecule has 1 amide bonds. The van der Waals surface area contributed by atoms with Gasteiger partial charge in [0.2, 0.25) is 0 Å². The number of amides is 1. The molecule has 17 heavy (non-hydrogen) atoms. The number of benzene rings is 1. The fourth-order valence-electron chi connectivity index (χ4n) is 0.997. The highest BCUT2D eigenvalue weighted by Gasteiger charge is 2.43. The van der Waals surface area contributed by atoms with Crippen molar-refractivity contribution >= 4 is 17.6 Å². The Morgan fingerprint density at radius 2 is 1.71 bits per heavy atom. The summed E-state index contributed by atoms with van der Waals surface area (Å²) in [7, 11) is 0. The Morgan fingerprint density at radius 1 is 1.18 bits per heavy atom. The van der Waals surface area contributed by atoms with Crippen LogP contribution in [0.1, 0.15) is 6.92 Å². The van der Waals surface area contributed by atoms with E-state index in [0.29, 0.717) is 0 Å². The van der Waals surface area contributed by atoms with Gasteiger partial charge < -0.3 is 4.84 Å². The first-order chi connectivity index (χ1) is 7.82. The standard InChI is InChI=1S/C10H8F3NO3/c1-7(15)14(8-5-3-2-4-6-8)17-9(16)10(11,12)13/h2-6H,1H3. The van der Waals surface area contributed by atoms with Gasteiger partial charge in [0, 0.05) is 6.92 Å². The zero-order valence-corrected chi connectivity index (χ0v) is 8.69. The second kappa shape index (κ2) is 4.86. The summed E-state index contributed by atoms with van der Waals surface area (Å²) in [6, 6.07) is 7.27. The van der Waals surface area contributed by atoms with Crippen LogP contribution in [0.3, 0.4) is 0 Å². The predicted molar refractivity (Wildman–Crippen MR) is 51.7 cm³/mol. The zero-order chi connectivity index (χ0) is 13.1. The van der Waals surface area contributed by atoms with Crippen LogP contribution in [-0.4, -0.2) is 18.1 Å². The number of hydroxylamine groups is 1. The van der Waals surface area contributed by atoms with Crippen molar-refractivity contribution in [2.75, 3.05) is 5.06 Å². The van der Waals surface area contributed by atoms with Crippen LogP contribution >= 0.6 is 0 Å². The van der Waals surface area contributed by atoms with Crippen molar-refractivity contribution in [2.45, 2.75) is 13.1 Å². The Morgan fingerprint density at radius 3 is 2.12 bits per heavy atom. The number of carbonyl (C=O) groups excluding carboxylic acids is 2. The summed E-state index contributed by atoms with van der Waals surface area (Å²) in [5.74, 6) is -3.29. The van der Waals surface area contributed by atoms with E-state index in [1.165, 1.54) is 24.3 Å². The van der Waals surface area contributed by atoms with E-state index in [1.807, 2.05) is 0 Å². The third-order valence-electron chi connectivity index (χ3n) is 1.68. The molecule has 0 fully saturated rings. The van der Waals surface area contributed by atoms with Crippen molar-refractivity contribution in [3.8, 4) is 0 Å². The summed E-state index contributed by atoms with van der Waals surface area (Å²) in [5.41, 5.74) is 0.0394. The highest BCUT2D eigenvalue weighted by atomic mass is 19.4. The Kier molecular flexibility index (Phi) is 3.72. The molecule has 7 heteroatoms. The average molecular weight is 247 g/mol. The van der Waals surface area contributed by atoms with Gasteiger partial charge in [-0.1, -0.05) is 18.2 Å². The molecule has 0 atom stereocenters. The van der Waals surface area contributed by atoms with Gasteiger partial charge in [-0.05, 0) is 12.1 Å². The van der Waals surface area contributed by atoms with Crippen molar-refractivity contribution in [2.24, 2.45) is 0 Å². The van der Waals surface area contributed by atoms with Crippen LogP contribution < -0.4 is 5.06 Å².